The van der Waals surface area contributed by atoms with Gasteiger partial charge in [0.05, 0.1) is 6.54 Å². The number of hydrogen-bond acceptors (Lipinski definition) is 5. The summed E-state index contributed by atoms with van der Waals surface area (Å²) in [6, 6.07) is 7.47. The molecule has 4 rings (SSSR count). The fourth-order valence-electron chi connectivity index (χ4n) is 3.12. The van der Waals surface area contributed by atoms with Crippen LogP contribution in [-0.4, -0.2) is 38.1 Å². The second-order valence-electron chi connectivity index (χ2n) is 6.05. The van der Waals surface area contributed by atoms with E-state index < -0.39 is 0 Å². The van der Waals surface area contributed by atoms with E-state index in [1.807, 2.05) is 36.7 Å². The van der Waals surface area contributed by atoms with Crippen LogP contribution < -0.4 is 0 Å². The molecule has 0 bridgehead atoms. The van der Waals surface area contributed by atoms with E-state index in [4.69, 9.17) is 16.1 Å². The zero-order valence-electron chi connectivity index (χ0n) is 13.2. The Kier molecular flexibility index (Phi) is 4.32. The predicted molar refractivity (Wildman–Crippen MR) is 90.6 cm³/mol. The lowest BCUT2D eigenvalue weighted by atomic mass is 9.96. The fourth-order valence-corrected chi connectivity index (χ4v) is 3.31. The average molecular weight is 344 g/mol. The van der Waals surface area contributed by atoms with Gasteiger partial charge in [-0.05, 0) is 38.1 Å². The van der Waals surface area contributed by atoms with Crippen molar-refractivity contribution >= 4 is 11.6 Å². The van der Waals surface area contributed by atoms with Gasteiger partial charge in [-0.25, -0.2) is 4.98 Å². The molecule has 1 aliphatic rings. The molecule has 124 valence electrons. The maximum absolute atomic E-state index is 6.01. The zero-order valence-corrected chi connectivity index (χ0v) is 13.9. The van der Waals surface area contributed by atoms with Gasteiger partial charge >= 0.3 is 0 Å². The van der Waals surface area contributed by atoms with E-state index in [1.54, 1.807) is 0 Å². The second kappa shape index (κ2) is 6.75. The first kappa shape index (κ1) is 15.4. The fraction of sp³-hybridized carbons (Fsp3) is 0.353. The topological polar surface area (TPSA) is 70.8 Å². The summed E-state index contributed by atoms with van der Waals surface area (Å²) in [4.78, 5) is 14.4. The number of likely N-dealkylation sites (tertiary alicyclic amines) is 1. The Morgan fingerprint density at radius 3 is 2.92 bits per heavy atom. The van der Waals surface area contributed by atoms with Crippen molar-refractivity contribution in [3.63, 3.8) is 0 Å². The molecule has 3 aromatic rings. The lowest BCUT2D eigenvalue weighted by Crippen LogP contribution is -2.32. The normalized spacial score (nSPS) is 16.5. The van der Waals surface area contributed by atoms with E-state index in [9.17, 15) is 0 Å². The monoisotopic (exact) mass is 343 g/mol. The molecule has 0 unspecified atom stereocenters. The molecular weight excluding hydrogens is 326 g/mol. The van der Waals surface area contributed by atoms with E-state index >= 15 is 0 Å². The molecule has 0 amide bonds. The highest BCUT2D eigenvalue weighted by Crippen LogP contribution is 2.26. The van der Waals surface area contributed by atoms with Gasteiger partial charge in [0.2, 0.25) is 11.7 Å². The van der Waals surface area contributed by atoms with Crippen molar-refractivity contribution < 1.29 is 4.52 Å². The zero-order chi connectivity index (χ0) is 16.4. The van der Waals surface area contributed by atoms with Crippen LogP contribution in [-0.2, 0) is 6.54 Å². The van der Waals surface area contributed by atoms with Crippen molar-refractivity contribution in [2.75, 3.05) is 13.1 Å². The summed E-state index contributed by atoms with van der Waals surface area (Å²) in [7, 11) is 0. The van der Waals surface area contributed by atoms with Crippen molar-refractivity contribution in [2.24, 2.45) is 0 Å². The van der Waals surface area contributed by atoms with Crippen LogP contribution in [0, 0.1) is 0 Å². The van der Waals surface area contributed by atoms with E-state index in [0.29, 0.717) is 29.2 Å². The number of nitrogens with one attached hydrogen (secondary N) is 1. The summed E-state index contributed by atoms with van der Waals surface area (Å²) in [5.74, 6) is 2.83. The highest BCUT2D eigenvalue weighted by molar-refractivity contribution is 6.30. The van der Waals surface area contributed by atoms with Crippen molar-refractivity contribution in [2.45, 2.75) is 25.3 Å². The second-order valence-corrected chi connectivity index (χ2v) is 6.48. The van der Waals surface area contributed by atoms with Gasteiger partial charge in [-0.1, -0.05) is 28.9 Å². The number of aromatic nitrogens is 4. The van der Waals surface area contributed by atoms with E-state index in [1.165, 1.54) is 0 Å². The molecule has 0 radical (unpaired) electrons. The summed E-state index contributed by atoms with van der Waals surface area (Å²) in [5, 5.41) is 4.73. The number of benzene rings is 1. The molecule has 1 fully saturated rings. The highest BCUT2D eigenvalue weighted by atomic mass is 35.5. The first-order valence-electron chi connectivity index (χ1n) is 8.08. The first-order chi connectivity index (χ1) is 11.8. The van der Waals surface area contributed by atoms with Crippen LogP contribution in [0.15, 0.2) is 41.2 Å². The van der Waals surface area contributed by atoms with Crippen molar-refractivity contribution in [3.05, 3.63) is 53.4 Å². The number of H-pyrrole nitrogens is 1. The maximum Gasteiger partial charge on any atom is 0.241 e. The lowest BCUT2D eigenvalue weighted by Gasteiger charge is -2.29. The molecule has 0 spiro atoms. The Hall–Kier alpha value is -2.18. The van der Waals surface area contributed by atoms with E-state index in [2.05, 4.69) is 25.0 Å². The minimum Gasteiger partial charge on any atom is -0.348 e. The van der Waals surface area contributed by atoms with Gasteiger partial charge in [0.15, 0.2) is 0 Å². The largest absolute Gasteiger partial charge is 0.348 e. The molecule has 1 N–H and O–H groups in total. The summed E-state index contributed by atoms with van der Waals surface area (Å²) in [5.41, 5.74) is 0.869. The van der Waals surface area contributed by atoms with Gasteiger partial charge in [0, 0.05) is 28.9 Å². The van der Waals surface area contributed by atoms with E-state index in [-0.39, 0.29) is 0 Å². The van der Waals surface area contributed by atoms with E-state index in [0.717, 1.165) is 37.3 Å². The van der Waals surface area contributed by atoms with Crippen LogP contribution in [0.4, 0.5) is 0 Å². The smallest absolute Gasteiger partial charge is 0.241 e. The van der Waals surface area contributed by atoms with Crippen molar-refractivity contribution in [1.82, 2.24) is 25.0 Å². The van der Waals surface area contributed by atoms with Gasteiger partial charge in [-0.3, -0.25) is 4.90 Å². The number of hydrogen-bond donors (Lipinski definition) is 1. The predicted octanol–water partition coefficient (Wildman–Crippen LogP) is 3.49. The molecule has 3 heterocycles. The average Bonchev–Trinajstić information content (AvgIpc) is 3.27. The maximum atomic E-state index is 6.01. The SMILES string of the molecule is Clc1cccc(-c2noc(CN3CCC(c4ncc[nH]4)CC3)n2)c1. The third-order valence-electron chi connectivity index (χ3n) is 4.40. The quantitative estimate of drug-likeness (QED) is 0.785. The van der Waals surface area contributed by atoms with Crippen LogP contribution in [0.1, 0.15) is 30.5 Å². The molecule has 1 aliphatic heterocycles. The number of halogens is 1. The number of aromatic amines is 1. The lowest BCUT2D eigenvalue weighted by molar-refractivity contribution is 0.179. The summed E-state index contributed by atoms with van der Waals surface area (Å²) in [6.45, 7) is 2.68. The Morgan fingerprint density at radius 1 is 1.29 bits per heavy atom. The standard InChI is InChI=1S/C17H18ClN5O/c18-14-3-1-2-13(10-14)17-21-15(24-22-17)11-23-8-4-12(5-9-23)16-19-6-7-20-16/h1-3,6-7,10,12H,4-5,8-9,11H2,(H,19,20). The highest BCUT2D eigenvalue weighted by Gasteiger charge is 2.23. The van der Waals surface area contributed by atoms with Gasteiger partial charge in [0.25, 0.3) is 0 Å². The summed E-state index contributed by atoms with van der Waals surface area (Å²) < 4.78 is 5.40. The number of imidazole rings is 1. The molecule has 1 aromatic carbocycles. The minimum absolute atomic E-state index is 0.515. The molecule has 24 heavy (non-hydrogen) atoms. The van der Waals surface area contributed by atoms with Crippen LogP contribution in [0.2, 0.25) is 5.02 Å². The van der Waals surface area contributed by atoms with Crippen LogP contribution in [0.3, 0.4) is 0 Å². The molecule has 0 aliphatic carbocycles. The van der Waals surface area contributed by atoms with Gasteiger partial charge < -0.3 is 9.51 Å². The first-order valence-corrected chi connectivity index (χ1v) is 8.46. The Morgan fingerprint density at radius 2 is 2.17 bits per heavy atom. The Labute approximate surface area is 144 Å². The van der Waals surface area contributed by atoms with Crippen LogP contribution >= 0.6 is 11.6 Å². The van der Waals surface area contributed by atoms with Crippen LogP contribution in [0.5, 0.6) is 0 Å². The van der Waals surface area contributed by atoms with Gasteiger partial charge in [-0.2, -0.15) is 4.98 Å². The Bertz CT molecular complexity index is 793. The molecular formula is C17H18ClN5O. The Balaban J connectivity index is 1.37. The van der Waals surface area contributed by atoms with Crippen molar-refractivity contribution in [3.8, 4) is 11.4 Å². The number of rotatable bonds is 4. The molecule has 6 nitrogen and oxygen atoms in total. The molecule has 2 aromatic heterocycles. The number of piperidine rings is 1. The minimum atomic E-state index is 0.515. The number of nitrogens with zero attached hydrogens (tertiary/aromatic N) is 4. The molecule has 0 atom stereocenters. The third kappa shape index (κ3) is 3.34. The molecule has 1 saturated heterocycles. The van der Waals surface area contributed by atoms with Gasteiger partial charge in [-0.15, -0.1) is 0 Å². The molecule has 0 saturated carbocycles. The van der Waals surface area contributed by atoms with Gasteiger partial charge in [0.1, 0.15) is 5.82 Å². The third-order valence-corrected chi connectivity index (χ3v) is 4.64. The van der Waals surface area contributed by atoms with Crippen molar-refractivity contribution in [1.29, 1.82) is 0 Å². The van der Waals surface area contributed by atoms with Crippen LogP contribution in [0.25, 0.3) is 11.4 Å². The molecule has 7 heteroatoms. The summed E-state index contributed by atoms with van der Waals surface area (Å²) >= 11 is 6.01. The summed E-state index contributed by atoms with van der Waals surface area (Å²) in [6.07, 6.45) is 5.88.